The fourth-order valence-corrected chi connectivity index (χ4v) is 5.29. The summed E-state index contributed by atoms with van der Waals surface area (Å²) >= 11 is 0. The number of Topliss-reactive ketones (excluding diaryl/α,β-unsaturated/α-hetero) is 4. The SMILES string of the molecule is CCCOC(OCCC)(OCCC)C(=O)CC(=O)O.CCCOC(OCCC)(OCCC)C(=O)CC(=O)O.CCCOC(OCCC)(OCCC)C(=O)CC(=O)O.CCCOC(OCCC)(OCCC)C(=O)CC(=O)O.[Ti]. The van der Waals surface area contributed by atoms with Gasteiger partial charge in [0.2, 0.25) is 23.1 Å². The van der Waals surface area contributed by atoms with Crippen molar-refractivity contribution in [2.75, 3.05) is 79.3 Å². The van der Waals surface area contributed by atoms with E-state index in [0.29, 0.717) is 77.0 Å². The monoisotopic (exact) mass is 1150 g/mol. The number of ketones is 4. The van der Waals surface area contributed by atoms with Crippen molar-refractivity contribution in [3.63, 3.8) is 0 Å². The van der Waals surface area contributed by atoms with Crippen molar-refractivity contribution in [3.05, 3.63) is 0 Å². The van der Waals surface area contributed by atoms with E-state index in [-0.39, 0.29) is 101 Å². The molecular formula is C52H96O24Ti. The van der Waals surface area contributed by atoms with Crippen LogP contribution in [0.25, 0.3) is 0 Å². The molecule has 0 spiro atoms. The smallest absolute Gasteiger partial charge is 0.347 e. The molecule has 0 unspecified atom stereocenters. The fourth-order valence-electron chi connectivity index (χ4n) is 5.29. The predicted octanol–water partition coefficient (Wildman–Crippen LogP) is 7.85. The van der Waals surface area contributed by atoms with Gasteiger partial charge in [-0.1, -0.05) is 83.1 Å². The Kier molecular flexibility index (Phi) is 56.0. The molecule has 0 heterocycles. The second kappa shape index (κ2) is 52.2. The van der Waals surface area contributed by atoms with Crippen molar-refractivity contribution < 1.29 is 137 Å². The molecule has 0 aliphatic heterocycles. The molecule has 0 aromatic heterocycles. The van der Waals surface area contributed by atoms with Crippen LogP contribution in [0.15, 0.2) is 0 Å². The molecule has 0 fully saturated rings. The molecular weight excluding hydrogens is 1060 g/mol. The molecule has 452 valence electrons. The standard InChI is InChI=1S/4C13H24O6.Ti/c4*1-4-7-17-13(18-8-5-2,19-9-6-3)11(14)10-12(15)16;/h4*4-10H2,1-3H3,(H,15,16);. The fraction of sp³-hybridized carbons (Fsp3) is 0.846. The number of ether oxygens (including phenoxy) is 12. The van der Waals surface area contributed by atoms with E-state index in [4.69, 9.17) is 77.3 Å². The first kappa shape index (κ1) is 82.6. The van der Waals surface area contributed by atoms with Crippen LogP contribution < -0.4 is 0 Å². The molecule has 4 N–H and O–H groups in total. The third kappa shape index (κ3) is 38.9. The molecule has 24 nitrogen and oxygen atoms in total. The van der Waals surface area contributed by atoms with Gasteiger partial charge in [0, 0.05) is 21.7 Å². The summed E-state index contributed by atoms with van der Waals surface area (Å²) in [5.41, 5.74) is 0. The van der Waals surface area contributed by atoms with E-state index in [1.54, 1.807) is 0 Å². The van der Waals surface area contributed by atoms with Crippen molar-refractivity contribution in [2.45, 2.75) is 210 Å². The quantitative estimate of drug-likeness (QED) is 0.0256. The third-order valence-electron chi connectivity index (χ3n) is 8.57. The van der Waals surface area contributed by atoms with E-state index in [1.807, 2.05) is 83.1 Å². The first-order chi connectivity index (χ1) is 36.1. The summed E-state index contributed by atoms with van der Waals surface area (Å²) in [6.07, 6.45) is 5.35. The number of carbonyl (C=O) groups excluding carboxylic acids is 4. The number of carboxylic acid groups (broad SMARTS) is 4. The maximum absolute atomic E-state index is 12.0. The van der Waals surface area contributed by atoms with E-state index in [2.05, 4.69) is 0 Å². The first-order valence-corrected chi connectivity index (χ1v) is 26.8. The predicted molar refractivity (Wildman–Crippen MR) is 275 cm³/mol. The Hall–Kier alpha value is -3.21. The van der Waals surface area contributed by atoms with E-state index in [1.165, 1.54) is 0 Å². The maximum atomic E-state index is 12.0. The third-order valence-corrected chi connectivity index (χ3v) is 8.57. The largest absolute Gasteiger partial charge is 0.481 e. The second-order valence-corrected chi connectivity index (χ2v) is 16.4. The molecule has 0 saturated carbocycles. The first-order valence-electron chi connectivity index (χ1n) is 26.8. The van der Waals surface area contributed by atoms with Crippen molar-refractivity contribution in [1.82, 2.24) is 0 Å². The summed E-state index contributed by atoms with van der Waals surface area (Å²) in [6.45, 7) is 25.7. The van der Waals surface area contributed by atoms with Gasteiger partial charge in [-0.2, -0.15) is 0 Å². The molecule has 0 aromatic carbocycles. The average molecular weight is 1150 g/mol. The Morgan fingerprint density at radius 2 is 0.325 bits per heavy atom. The van der Waals surface area contributed by atoms with Gasteiger partial charge in [0.1, 0.15) is 25.7 Å². The van der Waals surface area contributed by atoms with Crippen LogP contribution in [0.1, 0.15) is 186 Å². The number of hydrogen-bond donors (Lipinski definition) is 4. The molecule has 0 amide bonds. The second-order valence-electron chi connectivity index (χ2n) is 16.4. The molecule has 0 aromatic rings. The Morgan fingerprint density at radius 3 is 0.390 bits per heavy atom. The summed E-state index contributed by atoms with van der Waals surface area (Å²) in [4.78, 5) is 90.9. The van der Waals surface area contributed by atoms with Gasteiger partial charge in [-0.25, -0.2) is 0 Å². The summed E-state index contributed by atoms with van der Waals surface area (Å²) in [6, 6.07) is 0. The number of hydrogen-bond acceptors (Lipinski definition) is 20. The van der Waals surface area contributed by atoms with Gasteiger partial charge in [-0.3, -0.25) is 38.4 Å². The van der Waals surface area contributed by atoms with Crippen LogP contribution in [0.4, 0.5) is 0 Å². The van der Waals surface area contributed by atoms with E-state index in [0.717, 1.165) is 0 Å². The van der Waals surface area contributed by atoms with Crippen molar-refractivity contribution in [2.24, 2.45) is 0 Å². The van der Waals surface area contributed by atoms with Crippen LogP contribution in [0.5, 0.6) is 0 Å². The zero-order valence-electron chi connectivity index (χ0n) is 48.3. The van der Waals surface area contributed by atoms with Crippen LogP contribution in [0.2, 0.25) is 0 Å². The van der Waals surface area contributed by atoms with Crippen LogP contribution in [-0.2, 0) is 117 Å². The van der Waals surface area contributed by atoms with Gasteiger partial charge in [0.25, 0.3) is 0 Å². The molecule has 0 bridgehead atoms. The molecule has 77 heavy (non-hydrogen) atoms. The Labute approximate surface area is 471 Å². The Morgan fingerprint density at radius 1 is 0.234 bits per heavy atom. The normalized spacial score (nSPS) is 11.4. The summed E-state index contributed by atoms with van der Waals surface area (Å²) in [5.74, 6) is -15.3. The Bertz CT molecular complexity index is 1250. The zero-order chi connectivity index (χ0) is 58.9. The van der Waals surface area contributed by atoms with Crippen molar-refractivity contribution in [1.29, 1.82) is 0 Å². The zero-order valence-corrected chi connectivity index (χ0v) is 49.8. The number of rotatable bonds is 48. The van der Waals surface area contributed by atoms with Gasteiger partial charge in [0.15, 0.2) is 0 Å². The molecule has 25 heteroatoms. The van der Waals surface area contributed by atoms with E-state index < -0.39 is 96.6 Å². The van der Waals surface area contributed by atoms with Crippen molar-refractivity contribution in [3.8, 4) is 0 Å². The molecule has 0 rings (SSSR count). The molecule has 0 aliphatic rings. The van der Waals surface area contributed by atoms with Gasteiger partial charge in [-0.05, 0) is 77.0 Å². The summed E-state index contributed by atoms with van der Waals surface area (Å²) in [5, 5.41) is 34.9. The minimum absolute atomic E-state index is 0. The molecule has 0 atom stereocenters. The molecule has 0 saturated heterocycles. The van der Waals surface area contributed by atoms with Crippen LogP contribution >= 0.6 is 0 Å². The number of carboxylic acids is 4. The Balaban J connectivity index is -0.000000298. The van der Waals surface area contributed by atoms with Gasteiger partial charge >= 0.3 is 47.8 Å². The molecule has 0 aliphatic carbocycles. The van der Waals surface area contributed by atoms with E-state index >= 15 is 0 Å². The summed E-state index contributed by atoms with van der Waals surface area (Å²) < 4.78 is 64.7. The van der Waals surface area contributed by atoms with E-state index in [9.17, 15) is 38.4 Å². The average Bonchev–Trinajstić information content (AvgIpc) is 3.37. The van der Waals surface area contributed by atoms with Gasteiger partial charge in [0.05, 0.1) is 79.3 Å². The minimum atomic E-state index is -1.87. The topological polar surface area (TPSA) is 328 Å². The molecule has 0 radical (unpaired) electrons. The number of carbonyl (C=O) groups is 8. The summed E-state index contributed by atoms with van der Waals surface area (Å²) in [7, 11) is 0. The minimum Gasteiger partial charge on any atom is -0.481 e. The van der Waals surface area contributed by atoms with Gasteiger partial charge in [-0.15, -0.1) is 0 Å². The van der Waals surface area contributed by atoms with Crippen LogP contribution in [0.3, 0.4) is 0 Å². The number of aliphatic carboxylic acids is 4. The van der Waals surface area contributed by atoms with Crippen LogP contribution in [0, 0.1) is 0 Å². The van der Waals surface area contributed by atoms with Crippen molar-refractivity contribution >= 4 is 47.0 Å². The maximum Gasteiger partial charge on any atom is 0.347 e. The van der Waals surface area contributed by atoms with Gasteiger partial charge < -0.3 is 77.3 Å². The van der Waals surface area contributed by atoms with Crippen LogP contribution in [-0.4, -0.2) is 171 Å².